The lowest BCUT2D eigenvalue weighted by Gasteiger charge is -2.51. The molecule has 2 unspecified atom stereocenters. The maximum atomic E-state index is 12.0. The lowest BCUT2D eigenvalue weighted by molar-refractivity contribution is -0.173. The first-order valence-electron chi connectivity index (χ1n) is 9.30. The molecule has 0 heterocycles. The number of hydrogen-bond donors (Lipinski definition) is 1. The number of carbonyl (C=O) groups excluding carboxylic acids is 2. The fourth-order valence-electron chi connectivity index (χ4n) is 3.89. The molecule has 0 aromatic carbocycles. The van der Waals surface area contributed by atoms with Crippen molar-refractivity contribution in [2.75, 3.05) is 13.2 Å². The van der Waals surface area contributed by atoms with Crippen LogP contribution < -0.4 is 0 Å². The van der Waals surface area contributed by atoms with E-state index in [1.807, 2.05) is 13.8 Å². The third-order valence-electron chi connectivity index (χ3n) is 5.41. The van der Waals surface area contributed by atoms with Gasteiger partial charge in [0.25, 0.3) is 0 Å². The summed E-state index contributed by atoms with van der Waals surface area (Å²) in [4.78, 5) is 23.4. The summed E-state index contributed by atoms with van der Waals surface area (Å²) in [6.07, 6.45) is 5.77. The van der Waals surface area contributed by atoms with E-state index in [9.17, 15) is 14.7 Å². The van der Waals surface area contributed by atoms with Crippen molar-refractivity contribution in [3.8, 4) is 0 Å². The molecule has 5 heteroatoms. The van der Waals surface area contributed by atoms with Crippen molar-refractivity contribution in [1.82, 2.24) is 0 Å². The van der Waals surface area contributed by atoms with E-state index in [4.69, 9.17) is 9.47 Å². The van der Waals surface area contributed by atoms with Crippen LogP contribution >= 0.6 is 0 Å². The Labute approximate surface area is 146 Å². The van der Waals surface area contributed by atoms with Crippen molar-refractivity contribution in [2.24, 2.45) is 11.3 Å². The van der Waals surface area contributed by atoms with Crippen LogP contribution in [0.2, 0.25) is 0 Å². The minimum Gasteiger partial charge on any atom is -0.466 e. The Hall–Kier alpha value is -1.10. The summed E-state index contributed by atoms with van der Waals surface area (Å²) in [6, 6.07) is 0. The molecule has 1 aliphatic rings. The number of carbonyl (C=O) groups is 2. The van der Waals surface area contributed by atoms with Crippen LogP contribution in [0, 0.1) is 11.3 Å². The maximum absolute atomic E-state index is 12.0. The molecule has 1 aliphatic carbocycles. The van der Waals surface area contributed by atoms with Gasteiger partial charge in [0, 0.05) is 6.42 Å². The molecule has 1 N–H and O–H groups in total. The molecule has 0 aromatic rings. The van der Waals surface area contributed by atoms with Crippen LogP contribution in [0.15, 0.2) is 0 Å². The molecule has 0 saturated heterocycles. The highest BCUT2D eigenvalue weighted by Crippen LogP contribution is 2.50. The maximum Gasteiger partial charge on any atom is 0.308 e. The second-order valence-electron chi connectivity index (χ2n) is 7.43. The van der Waals surface area contributed by atoms with Crippen LogP contribution in [0.4, 0.5) is 0 Å². The molecule has 0 aromatic heterocycles. The van der Waals surface area contributed by atoms with E-state index in [0.717, 1.165) is 38.5 Å². The standard InChI is InChI=1S/C19H34O5/c1-5-23-16(20)12-8-7-10-15-11-9-13-18(3,4)19(15,22)14-17(21)24-6-2/h15,22H,5-14H2,1-4H3. The highest BCUT2D eigenvalue weighted by Gasteiger charge is 2.52. The average Bonchev–Trinajstić information content (AvgIpc) is 2.48. The van der Waals surface area contributed by atoms with Crippen molar-refractivity contribution >= 4 is 11.9 Å². The predicted octanol–water partition coefficient (Wildman–Crippen LogP) is 3.62. The zero-order valence-corrected chi connectivity index (χ0v) is 15.7. The van der Waals surface area contributed by atoms with E-state index in [1.54, 1.807) is 13.8 Å². The van der Waals surface area contributed by atoms with Gasteiger partial charge in [-0.1, -0.05) is 26.7 Å². The fraction of sp³-hybridized carbons (Fsp3) is 0.895. The molecule has 24 heavy (non-hydrogen) atoms. The van der Waals surface area contributed by atoms with Crippen LogP contribution in [-0.4, -0.2) is 35.9 Å². The summed E-state index contributed by atoms with van der Waals surface area (Å²) in [5, 5.41) is 11.4. The lowest BCUT2D eigenvalue weighted by atomic mass is 9.58. The van der Waals surface area contributed by atoms with E-state index in [2.05, 4.69) is 0 Å². The summed E-state index contributed by atoms with van der Waals surface area (Å²) < 4.78 is 10.0. The van der Waals surface area contributed by atoms with Crippen LogP contribution in [0.1, 0.15) is 79.1 Å². The Balaban J connectivity index is 2.64. The molecule has 1 saturated carbocycles. The van der Waals surface area contributed by atoms with Gasteiger partial charge >= 0.3 is 11.9 Å². The normalized spacial score (nSPS) is 26.0. The largest absolute Gasteiger partial charge is 0.466 e. The Morgan fingerprint density at radius 3 is 2.33 bits per heavy atom. The van der Waals surface area contributed by atoms with Gasteiger partial charge in [0.1, 0.15) is 0 Å². The van der Waals surface area contributed by atoms with Crippen molar-refractivity contribution < 1.29 is 24.2 Å². The highest BCUT2D eigenvalue weighted by atomic mass is 16.5. The summed E-state index contributed by atoms with van der Waals surface area (Å²) in [6.45, 7) is 8.40. The molecular formula is C19H34O5. The van der Waals surface area contributed by atoms with E-state index in [-0.39, 0.29) is 29.7 Å². The molecule has 0 bridgehead atoms. The number of ether oxygens (including phenoxy) is 2. The molecule has 0 amide bonds. The van der Waals surface area contributed by atoms with Gasteiger partial charge in [-0.3, -0.25) is 9.59 Å². The van der Waals surface area contributed by atoms with Gasteiger partial charge in [-0.25, -0.2) is 0 Å². The second kappa shape index (κ2) is 9.40. The van der Waals surface area contributed by atoms with Crippen LogP contribution in [0.3, 0.4) is 0 Å². The quantitative estimate of drug-likeness (QED) is 0.512. The van der Waals surface area contributed by atoms with E-state index in [0.29, 0.717) is 19.6 Å². The predicted molar refractivity (Wildman–Crippen MR) is 92.4 cm³/mol. The van der Waals surface area contributed by atoms with Gasteiger partial charge in [0.2, 0.25) is 0 Å². The van der Waals surface area contributed by atoms with Crippen molar-refractivity contribution in [2.45, 2.75) is 84.7 Å². The Kier molecular flexibility index (Phi) is 8.20. The van der Waals surface area contributed by atoms with Crippen LogP contribution in [0.25, 0.3) is 0 Å². The first-order chi connectivity index (χ1) is 11.3. The monoisotopic (exact) mass is 342 g/mol. The molecule has 1 fully saturated rings. The molecule has 1 rings (SSSR count). The number of esters is 2. The van der Waals surface area contributed by atoms with Gasteiger partial charge in [-0.15, -0.1) is 0 Å². The highest BCUT2D eigenvalue weighted by molar-refractivity contribution is 5.71. The first kappa shape index (κ1) is 20.9. The van der Waals surface area contributed by atoms with Crippen LogP contribution in [-0.2, 0) is 19.1 Å². The van der Waals surface area contributed by atoms with E-state index < -0.39 is 5.60 Å². The van der Waals surface area contributed by atoms with Crippen LogP contribution in [0.5, 0.6) is 0 Å². The second-order valence-corrected chi connectivity index (χ2v) is 7.43. The van der Waals surface area contributed by atoms with Gasteiger partial charge in [-0.05, 0) is 50.9 Å². The van der Waals surface area contributed by atoms with E-state index >= 15 is 0 Å². The number of hydrogen-bond acceptors (Lipinski definition) is 5. The number of aliphatic hydroxyl groups is 1. The zero-order valence-electron chi connectivity index (χ0n) is 15.7. The topological polar surface area (TPSA) is 72.8 Å². The number of rotatable bonds is 9. The summed E-state index contributed by atoms with van der Waals surface area (Å²) >= 11 is 0. The average molecular weight is 342 g/mol. The van der Waals surface area contributed by atoms with Gasteiger partial charge in [0.15, 0.2) is 0 Å². The Bertz CT molecular complexity index is 418. The van der Waals surface area contributed by atoms with Gasteiger partial charge < -0.3 is 14.6 Å². The third-order valence-corrected chi connectivity index (χ3v) is 5.41. The third kappa shape index (κ3) is 5.47. The van der Waals surface area contributed by atoms with Gasteiger partial charge in [0.05, 0.1) is 25.2 Å². The Morgan fingerprint density at radius 1 is 1.08 bits per heavy atom. The summed E-state index contributed by atoms with van der Waals surface area (Å²) in [5.74, 6) is -0.428. The van der Waals surface area contributed by atoms with Crippen molar-refractivity contribution in [3.63, 3.8) is 0 Å². The molecule has 0 aliphatic heterocycles. The molecule has 140 valence electrons. The summed E-state index contributed by atoms with van der Waals surface area (Å²) in [7, 11) is 0. The minimum absolute atomic E-state index is 0.0520. The minimum atomic E-state index is -1.04. The number of unbranched alkanes of at least 4 members (excludes halogenated alkanes) is 1. The molecule has 0 spiro atoms. The molecule has 0 radical (unpaired) electrons. The first-order valence-corrected chi connectivity index (χ1v) is 9.30. The zero-order chi connectivity index (χ0) is 18.2. The van der Waals surface area contributed by atoms with E-state index in [1.165, 1.54) is 0 Å². The SMILES string of the molecule is CCOC(=O)CCCCC1CCCC(C)(C)C1(O)CC(=O)OCC. The summed E-state index contributed by atoms with van der Waals surface area (Å²) in [5.41, 5.74) is -1.36. The smallest absolute Gasteiger partial charge is 0.308 e. The van der Waals surface area contributed by atoms with Crippen molar-refractivity contribution in [3.05, 3.63) is 0 Å². The molecule has 5 nitrogen and oxygen atoms in total. The fourth-order valence-corrected chi connectivity index (χ4v) is 3.89. The Morgan fingerprint density at radius 2 is 1.71 bits per heavy atom. The lowest BCUT2D eigenvalue weighted by Crippen LogP contribution is -2.54. The van der Waals surface area contributed by atoms with Gasteiger partial charge in [-0.2, -0.15) is 0 Å². The van der Waals surface area contributed by atoms with Crippen molar-refractivity contribution in [1.29, 1.82) is 0 Å². The molecule has 2 atom stereocenters. The molecular weight excluding hydrogens is 308 g/mol.